The van der Waals surface area contributed by atoms with E-state index in [0.29, 0.717) is 47.0 Å². The number of fused-ring (bicyclic) bond motifs is 7. The van der Waals surface area contributed by atoms with Gasteiger partial charge in [-0.25, -0.2) is 0 Å². The van der Waals surface area contributed by atoms with Crippen LogP contribution in [0.3, 0.4) is 0 Å². The molecule has 1 unspecified atom stereocenters. The highest BCUT2D eigenvalue weighted by Crippen LogP contribution is 2.70. The zero-order valence-electron chi connectivity index (χ0n) is 31.0. The van der Waals surface area contributed by atoms with Crippen LogP contribution >= 0.6 is 0 Å². The van der Waals surface area contributed by atoms with Crippen molar-refractivity contribution in [3.63, 3.8) is 0 Å². The standard InChI is InChI=1S/C39H63NO11/c1-18-8-13-39(40-16-18)19(2)28-26(51-39)15-25-23-7-6-21-14-22(9-11-37(21,4)24(23)10-12-38(25,28)5)48-36-33(46)31(44)34(27(17-41)49-36)50-35-32(45)30(43)29(42)20(3)47-35/h6,18-20,22-36,40-46H,7-17H2,1-5H3/t18-,19+,20+,22+,23-,24+,25+,26+,27-,28+,29+,30-,31-,32-,33-,34-,35?,36-,37+,38+,39-/m1/s1. The number of ether oxygens (including phenoxy) is 5. The number of hydrogen-bond donors (Lipinski definition) is 7. The maximum absolute atomic E-state index is 11.1. The Kier molecular flexibility index (Phi) is 9.83. The summed E-state index contributed by atoms with van der Waals surface area (Å²) >= 11 is 0. The van der Waals surface area contributed by atoms with Gasteiger partial charge in [-0.15, -0.1) is 0 Å². The lowest BCUT2D eigenvalue weighted by atomic mass is 9.47. The molecule has 290 valence electrons. The quantitative estimate of drug-likeness (QED) is 0.206. The molecule has 0 amide bonds. The van der Waals surface area contributed by atoms with Gasteiger partial charge in [0.05, 0.1) is 24.9 Å². The molecule has 0 aromatic rings. The van der Waals surface area contributed by atoms with Crippen LogP contribution in [0, 0.1) is 46.3 Å². The second kappa shape index (κ2) is 13.5. The molecule has 4 heterocycles. The average Bonchev–Trinajstić information content (AvgIpc) is 3.56. The smallest absolute Gasteiger partial charge is 0.187 e. The number of nitrogens with one attached hydrogen (secondary N) is 1. The van der Waals surface area contributed by atoms with Gasteiger partial charge < -0.3 is 54.3 Å². The van der Waals surface area contributed by atoms with Crippen LogP contribution in [0.5, 0.6) is 0 Å². The Balaban J connectivity index is 0.915. The molecule has 0 aromatic carbocycles. The van der Waals surface area contributed by atoms with Crippen LogP contribution in [-0.2, 0) is 23.7 Å². The van der Waals surface area contributed by atoms with Crippen molar-refractivity contribution in [2.24, 2.45) is 46.3 Å². The third kappa shape index (κ3) is 5.84. The van der Waals surface area contributed by atoms with E-state index in [1.54, 1.807) is 0 Å². The molecule has 3 saturated carbocycles. The predicted octanol–water partition coefficient (Wildman–Crippen LogP) is 1.96. The highest BCUT2D eigenvalue weighted by Gasteiger charge is 2.68. The van der Waals surface area contributed by atoms with E-state index >= 15 is 0 Å². The molecule has 1 spiro atoms. The Morgan fingerprint density at radius 1 is 0.843 bits per heavy atom. The molecule has 21 atom stereocenters. The van der Waals surface area contributed by atoms with Crippen molar-refractivity contribution in [1.29, 1.82) is 0 Å². The highest BCUT2D eigenvalue weighted by atomic mass is 16.7. The Labute approximate surface area is 302 Å². The number of rotatable bonds is 5. The SMILES string of the molecule is C[C@@H]1CC[C@@]2(NC1)O[C@H]1C[C@H]3[C@@H]4CC=C5C[C@@H](O[C@@H]6O[C@H](CO)[C@@H](OC7O[C@@H](C)[C@H](O)[C@@H](O)[C@H]7O)[C@H](O)[C@H]6O)CC[C@]5(C)[C@H]4CC[C@]3(C)[C@H]1[C@@H]2C. The molecule has 7 N–H and O–H groups in total. The van der Waals surface area contributed by atoms with E-state index in [4.69, 9.17) is 23.7 Å². The first-order valence-corrected chi connectivity index (χ1v) is 20.0. The monoisotopic (exact) mass is 721 g/mol. The van der Waals surface area contributed by atoms with Crippen LogP contribution in [-0.4, -0.2) is 123 Å². The number of piperidine rings is 1. The molecule has 7 fully saturated rings. The van der Waals surface area contributed by atoms with Gasteiger partial charge in [-0.3, -0.25) is 5.32 Å². The zero-order chi connectivity index (χ0) is 36.2. The summed E-state index contributed by atoms with van der Waals surface area (Å²) in [6.07, 6.45) is -1.11. The third-order valence-electron chi connectivity index (χ3n) is 15.8. The Morgan fingerprint density at radius 3 is 2.31 bits per heavy atom. The van der Waals surface area contributed by atoms with Crippen molar-refractivity contribution in [2.75, 3.05) is 13.2 Å². The molecular weight excluding hydrogens is 658 g/mol. The van der Waals surface area contributed by atoms with E-state index in [2.05, 4.69) is 39.1 Å². The molecule has 12 nitrogen and oxygen atoms in total. The predicted molar refractivity (Wildman–Crippen MR) is 184 cm³/mol. The third-order valence-corrected chi connectivity index (χ3v) is 15.8. The summed E-state index contributed by atoms with van der Waals surface area (Å²) in [6, 6.07) is 0. The fraction of sp³-hybridized carbons (Fsp3) is 0.949. The highest BCUT2D eigenvalue weighted by molar-refractivity contribution is 5.26. The topological polar surface area (TPSA) is 180 Å². The van der Waals surface area contributed by atoms with Gasteiger partial charge in [-0.05, 0) is 105 Å². The molecule has 12 heteroatoms. The Morgan fingerprint density at radius 2 is 1.59 bits per heavy atom. The number of aliphatic hydroxyl groups excluding tert-OH is 6. The normalized spacial score (nSPS) is 58.4. The maximum Gasteiger partial charge on any atom is 0.187 e. The molecule has 0 aromatic heterocycles. The van der Waals surface area contributed by atoms with Gasteiger partial charge in [-0.1, -0.05) is 39.3 Å². The zero-order valence-corrected chi connectivity index (χ0v) is 31.0. The average molecular weight is 722 g/mol. The van der Waals surface area contributed by atoms with Crippen LogP contribution < -0.4 is 5.32 Å². The van der Waals surface area contributed by atoms with E-state index in [1.165, 1.54) is 38.2 Å². The van der Waals surface area contributed by atoms with Gasteiger partial charge in [0.2, 0.25) is 0 Å². The maximum atomic E-state index is 11.1. The van der Waals surface area contributed by atoms with Crippen LogP contribution in [0.2, 0.25) is 0 Å². The van der Waals surface area contributed by atoms with E-state index in [9.17, 15) is 30.6 Å². The number of allylic oxidation sites excluding steroid dienone is 1. The van der Waals surface area contributed by atoms with Crippen molar-refractivity contribution in [1.82, 2.24) is 5.32 Å². The van der Waals surface area contributed by atoms with E-state index in [0.717, 1.165) is 38.6 Å². The van der Waals surface area contributed by atoms with Gasteiger partial charge in [-0.2, -0.15) is 0 Å². The molecular formula is C39H63NO11. The van der Waals surface area contributed by atoms with Crippen molar-refractivity contribution in [2.45, 2.75) is 172 Å². The van der Waals surface area contributed by atoms with Gasteiger partial charge in [0, 0.05) is 12.5 Å². The second-order valence-corrected chi connectivity index (χ2v) is 18.4. The van der Waals surface area contributed by atoms with Crippen LogP contribution in [0.25, 0.3) is 0 Å². The molecule has 4 aliphatic heterocycles. The summed E-state index contributed by atoms with van der Waals surface area (Å²) in [7, 11) is 0. The molecule has 4 saturated heterocycles. The molecule has 0 radical (unpaired) electrons. The van der Waals surface area contributed by atoms with Crippen molar-refractivity contribution >= 4 is 0 Å². The first kappa shape index (κ1) is 37.2. The van der Waals surface area contributed by atoms with E-state index in [1.807, 2.05) is 0 Å². The molecule has 0 bridgehead atoms. The summed E-state index contributed by atoms with van der Waals surface area (Å²) in [6.45, 7) is 11.9. The second-order valence-electron chi connectivity index (χ2n) is 18.4. The fourth-order valence-electron chi connectivity index (χ4n) is 12.7. The summed E-state index contributed by atoms with van der Waals surface area (Å²) in [5.74, 6) is 3.74. The lowest BCUT2D eigenvalue weighted by molar-refractivity contribution is -0.360. The van der Waals surface area contributed by atoms with Crippen molar-refractivity contribution in [3.05, 3.63) is 11.6 Å². The number of hydrogen-bond acceptors (Lipinski definition) is 12. The molecule has 8 rings (SSSR count). The van der Waals surface area contributed by atoms with Gasteiger partial charge in [0.15, 0.2) is 12.6 Å². The van der Waals surface area contributed by atoms with Crippen molar-refractivity contribution in [3.8, 4) is 0 Å². The van der Waals surface area contributed by atoms with Crippen LogP contribution in [0.1, 0.15) is 92.4 Å². The molecule has 51 heavy (non-hydrogen) atoms. The minimum atomic E-state index is -1.60. The first-order valence-electron chi connectivity index (χ1n) is 20.0. The Hall–Kier alpha value is -0.740. The summed E-state index contributed by atoms with van der Waals surface area (Å²) in [4.78, 5) is 0. The number of aliphatic hydroxyl groups is 6. The van der Waals surface area contributed by atoms with Crippen LogP contribution in [0.4, 0.5) is 0 Å². The summed E-state index contributed by atoms with van der Waals surface area (Å²) < 4.78 is 30.7. The first-order chi connectivity index (χ1) is 24.2. The summed E-state index contributed by atoms with van der Waals surface area (Å²) in [5.41, 5.74) is 1.66. The fourth-order valence-corrected chi connectivity index (χ4v) is 12.7. The Bertz CT molecular complexity index is 1310. The van der Waals surface area contributed by atoms with E-state index < -0.39 is 68.0 Å². The molecule has 8 aliphatic rings. The lowest BCUT2D eigenvalue weighted by Gasteiger charge is -2.59. The van der Waals surface area contributed by atoms with E-state index in [-0.39, 0.29) is 17.2 Å². The lowest BCUT2D eigenvalue weighted by Crippen LogP contribution is -2.64. The minimum absolute atomic E-state index is 0.0881. The minimum Gasteiger partial charge on any atom is -0.394 e. The van der Waals surface area contributed by atoms with Crippen LogP contribution in [0.15, 0.2) is 11.6 Å². The van der Waals surface area contributed by atoms with Gasteiger partial charge in [0.25, 0.3) is 0 Å². The van der Waals surface area contributed by atoms with Gasteiger partial charge in [0.1, 0.15) is 48.5 Å². The van der Waals surface area contributed by atoms with Gasteiger partial charge >= 0.3 is 0 Å². The largest absolute Gasteiger partial charge is 0.394 e. The van der Waals surface area contributed by atoms with Crippen molar-refractivity contribution < 1.29 is 54.3 Å². The summed E-state index contributed by atoms with van der Waals surface area (Å²) in [5, 5.41) is 67.0. The molecule has 4 aliphatic carbocycles.